The van der Waals surface area contributed by atoms with Gasteiger partial charge in [-0.05, 0) is 22.0 Å². The number of alkyl halides is 3. The lowest BCUT2D eigenvalue weighted by atomic mass is 9.82. The third kappa shape index (κ3) is 1.96. The number of nitrogen functional groups attached to an aromatic ring is 1. The van der Waals surface area contributed by atoms with Gasteiger partial charge in [-0.15, -0.1) is 0 Å². The second kappa shape index (κ2) is 4.67. The Morgan fingerprint density at radius 3 is 1.95 bits per heavy atom. The summed E-state index contributed by atoms with van der Waals surface area (Å²) in [4.78, 5) is 25.0. The highest BCUT2D eigenvalue weighted by Gasteiger charge is 2.40. The Labute approximate surface area is 131 Å². The van der Waals surface area contributed by atoms with E-state index in [0.29, 0.717) is 0 Å². The lowest BCUT2D eigenvalue weighted by Gasteiger charge is -2.22. The Balaban J connectivity index is 2.39. The molecule has 0 atom stereocenters. The predicted octanol–water partition coefficient (Wildman–Crippen LogP) is 3.83. The molecule has 0 saturated carbocycles. The molecule has 0 aromatic heterocycles. The molecule has 2 N–H and O–H groups in total. The van der Waals surface area contributed by atoms with Crippen LogP contribution in [0.4, 0.5) is 18.9 Å². The number of hydrogen-bond donors (Lipinski definition) is 1. The molecule has 2 aromatic carbocycles. The number of hydrogen-bond acceptors (Lipinski definition) is 3. The summed E-state index contributed by atoms with van der Waals surface area (Å²) in [5.74, 6) is -1.22. The van der Waals surface area contributed by atoms with Crippen LogP contribution in [0.25, 0.3) is 0 Å². The van der Waals surface area contributed by atoms with Gasteiger partial charge in [0.1, 0.15) is 0 Å². The fraction of sp³-hybridized carbons (Fsp3) is 0.0667. The minimum Gasteiger partial charge on any atom is -0.398 e. The van der Waals surface area contributed by atoms with Crippen molar-refractivity contribution in [1.82, 2.24) is 0 Å². The molecule has 22 heavy (non-hydrogen) atoms. The topological polar surface area (TPSA) is 60.2 Å². The van der Waals surface area contributed by atoms with Crippen LogP contribution in [0.2, 0.25) is 0 Å². The molecular weight excluding hydrogens is 363 g/mol. The first-order valence-electron chi connectivity index (χ1n) is 6.11. The van der Waals surface area contributed by atoms with Gasteiger partial charge in [-0.3, -0.25) is 9.59 Å². The summed E-state index contributed by atoms with van der Waals surface area (Å²) in [7, 11) is 0. The monoisotopic (exact) mass is 369 g/mol. The molecule has 0 radical (unpaired) electrons. The largest absolute Gasteiger partial charge is 0.418 e. The predicted molar refractivity (Wildman–Crippen MR) is 76.9 cm³/mol. The van der Waals surface area contributed by atoms with Gasteiger partial charge in [0.15, 0.2) is 11.6 Å². The molecule has 0 heterocycles. The SMILES string of the molecule is Nc1c(C(F)(F)F)cc(Br)c2c1C(=O)c1ccccc1C2=O. The van der Waals surface area contributed by atoms with Crippen LogP contribution in [0.5, 0.6) is 0 Å². The molecule has 0 unspecified atom stereocenters. The van der Waals surface area contributed by atoms with E-state index in [1.165, 1.54) is 18.2 Å². The van der Waals surface area contributed by atoms with Crippen molar-refractivity contribution in [3.8, 4) is 0 Å². The Bertz CT molecular complexity index is 843. The molecule has 1 aliphatic rings. The molecule has 3 rings (SSSR count). The first kappa shape index (κ1) is 14.8. The number of ketones is 2. The van der Waals surface area contributed by atoms with E-state index in [4.69, 9.17) is 5.73 Å². The maximum Gasteiger partial charge on any atom is 0.418 e. The molecule has 112 valence electrons. The number of fused-ring (bicyclic) bond motifs is 2. The van der Waals surface area contributed by atoms with E-state index >= 15 is 0 Å². The minimum atomic E-state index is -4.72. The summed E-state index contributed by atoms with van der Waals surface area (Å²) < 4.78 is 39.0. The standard InChI is InChI=1S/C15H7BrF3NO2/c16-9-5-8(15(17,18)19)12(20)11-10(9)13(21)6-3-1-2-4-7(6)14(11)22/h1-5H,20H2. The van der Waals surface area contributed by atoms with Crippen LogP contribution in [0.1, 0.15) is 37.4 Å². The number of carbonyl (C=O) groups excluding carboxylic acids is 2. The van der Waals surface area contributed by atoms with Crippen LogP contribution < -0.4 is 5.73 Å². The maximum absolute atomic E-state index is 13.0. The van der Waals surface area contributed by atoms with Gasteiger partial charge in [0.05, 0.1) is 22.4 Å². The smallest absolute Gasteiger partial charge is 0.398 e. The van der Waals surface area contributed by atoms with E-state index in [2.05, 4.69) is 15.9 Å². The number of carbonyl (C=O) groups is 2. The van der Waals surface area contributed by atoms with E-state index in [1.54, 1.807) is 6.07 Å². The van der Waals surface area contributed by atoms with Crippen LogP contribution >= 0.6 is 15.9 Å². The Morgan fingerprint density at radius 2 is 1.45 bits per heavy atom. The van der Waals surface area contributed by atoms with Crippen LogP contribution in [-0.4, -0.2) is 11.6 Å². The lowest BCUT2D eigenvalue weighted by molar-refractivity contribution is -0.137. The lowest BCUT2D eigenvalue weighted by Crippen LogP contribution is -2.25. The molecule has 7 heteroatoms. The first-order chi connectivity index (χ1) is 10.2. The van der Waals surface area contributed by atoms with Gasteiger partial charge in [0.2, 0.25) is 0 Å². The van der Waals surface area contributed by atoms with Crippen molar-refractivity contribution in [3.63, 3.8) is 0 Å². The van der Waals surface area contributed by atoms with Crippen LogP contribution in [0.15, 0.2) is 34.8 Å². The molecule has 1 aliphatic carbocycles. The average Bonchev–Trinajstić information content (AvgIpc) is 2.45. The molecule has 0 spiro atoms. The fourth-order valence-electron chi connectivity index (χ4n) is 2.51. The zero-order valence-electron chi connectivity index (χ0n) is 10.8. The highest BCUT2D eigenvalue weighted by atomic mass is 79.9. The van der Waals surface area contributed by atoms with E-state index < -0.39 is 34.6 Å². The molecular formula is C15H7BrF3NO2. The van der Waals surface area contributed by atoms with Crippen molar-refractivity contribution in [2.24, 2.45) is 0 Å². The van der Waals surface area contributed by atoms with Gasteiger partial charge < -0.3 is 5.73 Å². The Hall–Kier alpha value is -2.15. The van der Waals surface area contributed by atoms with Crippen molar-refractivity contribution in [3.05, 3.63) is 62.6 Å². The van der Waals surface area contributed by atoms with Crippen molar-refractivity contribution < 1.29 is 22.8 Å². The second-order valence-electron chi connectivity index (χ2n) is 4.77. The molecule has 3 nitrogen and oxygen atoms in total. The summed E-state index contributed by atoms with van der Waals surface area (Å²) in [5.41, 5.74) is 3.37. The van der Waals surface area contributed by atoms with Crippen LogP contribution in [0, 0.1) is 0 Å². The van der Waals surface area contributed by atoms with Crippen LogP contribution in [0.3, 0.4) is 0 Å². The van der Waals surface area contributed by atoms with Gasteiger partial charge in [-0.1, -0.05) is 24.3 Å². The van der Waals surface area contributed by atoms with Gasteiger partial charge in [0, 0.05) is 15.6 Å². The molecule has 2 aromatic rings. The molecule has 0 saturated heterocycles. The zero-order valence-corrected chi connectivity index (χ0v) is 12.4. The van der Waals surface area contributed by atoms with Gasteiger partial charge in [0.25, 0.3) is 0 Å². The minimum absolute atomic E-state index is 0.0536. The van der Waals surface area contributed by atoms with Gasteiger partial charge >= 0.3 is 6.18 Å². The summed E-state index contributed by atoms with van der Waals surface area (Å²) in [6, 6.07) is 6.70. The summed E-state index contributed by atoms with van der Waals surface area (Å²) in [5, 5.41) is 0. The third-order valence-corrected chi connectivity index (χ3v) is 4.12. The number of anilines is 1. The van der Waals surface area contributed by atoms with Crippen LogP contribution in [-0.2, 0) is 6.18 Å². The molecule has 0 amide bonds. The molecule has 0 bridgehead atoms. The van der Waals surface area contributed by atoms with Crippen molar-refractivity contribution in [2.45, 2.75) is 6.18 Å². The van der Waals surface area contributed by atoms with E-state index in [-0.39, 0.29) is 21.2 Å². The fourth-order valence-corrected chi connectivity index (χ4v) is 3.11. The Kier molecular flexibility index (Phi) is 3.14. The van der Waals surface area contributed by atoms with Gasteiger partial charge in [-0.2, -0.15) is 13.2 Å². The van der Waals surface area contributed by atoms with Gasteiger partial charge in [-0.25, -0.2) is 0 Å². The highest BCUT2D eigenvalue weighted by Crippen LogP contribution is 2.42. The number of halogens is 4. The quantitative estimate of drug-likeness (QED) is 0.612. The zero-order chi connectivity index (χ0) is 16.2. The maximum atomic E-state index is 13.0. The van der Waals surface area contributed by atoms with Crippen molar-refractivity contribution >= 4 is 33.2 Å². The van der Waals surface area contributed by atoms with E-state index in [0.717, 1.165) is 6.07 Å². The summed E-state index contributed by atoms with van der Waals surface area (Å²) in [6.07, 6.45) is -4.72. The summed E-state index contributed by atoms with van der Waals surface area (Å²) >= 11 is 2.95. The van der Waals surface area contributed by atoms with Crippen molar-refractivity contribution in [1.29, 1.82) is 0 Å². The van der Waals surface area contributed by atoms with E-state index in [1.807, 2.05) is 0 Å². The number of benzene rings is 2. The highest BCUT2D eigenvalue weighted by molar-refractivity contribution is 9.10. The number of rotatable bonds is 0. The van der Waals surface area contributed by atoms with Crippen molar-refractivity contribution in [2.75, 3.05) is 5.73 Å². The first-order valence-corrected chi connectivity index (χ1v) is 6.90. The molecule has 0 fully saturated rings. The normalized spacial score (nSPS) is 13.8. The average molecular weight is 370 g/mol. The third-order valence-electron chi connectivity index (χ3n) is 3.50. The molecule has 0 aliphatic heterocycles. The van der Waals surface area contributed by atoms with E-state index in [9.17, 15) is 22.8 Å². The number of nitrogens with two attached hydrogens (primary N) is 1. The Morgan fingerprint density at radius 1 is 0.955 bits per heavy atom. The second-order valence-corrected chi connectivity index (χ2v) is 5.63. The summed E-state index contributed by atoms with van der Waals surface area (Å²) in [6.45, 7) is 0.